The van der Waals surface area contributed by atoms with Gasteiger partial charge in [-0.2, -0.15) is 0 Å². The van der Waals surface area contributed by atoms with Gasteiger partial charge >= 0.3 is 0 Å². The second-order valence-electron chi connectivity index (χ2n) is 3.01. The first kappa shape index (κ1) is 8.74. The van der Waals surface area contributed by atoms with Crippen molar-refractivity contribution in [3.05, 3.63) is 12.2 Å². The van der Waals surface area contributed by atoms with Gasteiger partial charge in [-0.3, -0.25) is 0 Å². The highest BCUT2D eigenvalue weighted by atomic mass is 32.2. The van der Waals surface area contributed by atoms with E-state index in [2.05, 4.69) is 0 Å². The fourth-order valence-corrected chi connectivity index (χ4v) is 2.22. The van der Waals surface area contributed by atoms with Gasteiger partial charge in [0.05, 0.1) is 5.75 Å². The highest BCUT2D eigenvalue weighted by Gasteiger charge is 2.37. The molecule has 0 aromatic carbocycles. The number of primary sulfonamides is 1. The Morgan fingerprint density at radius 3 is 2.73 bits per heavy atom. The zero-order chi connectivity index (χ0) is 8.48. The molecule has 0 unspecified atom stereocenters. The van der Waals surface area contributed by atoms with E-state index < -0.39 is 10.0 Å². The van der Waals surface area contributed by atoms with Crippen LogP contribution in [0.1, 0.15) is 13.3 Å². The first-order valence-electron chi connectivity index (χ1n) is 3.66. The molecule has 0 aromatic rings. The number of hydrogen-bond donors (Lipinski definition) is 1. The van der Waals surface area contributed by atoms with Gasteiger partial charge in [-0.15, -0.1) is 0 Å². The molecule has 11 heavy (non-hydrogen) atoms. The van der Waals surface area contributed by atoms with Crippen molar-refractivity contribution in [1.82, 2.24) is 0 Å². The summed E-state index contributed by atoms with van der Waals surface area (Å²) in [5.74, 6) is 0.877. The summed E-state index contributed by atoms with van der Waals surface area (Å²) < 4.78 is 21.2. The van der Waals surface area contributed by atoms with Gasteiger partial charge in [0.15, 0.2) is 0 Å². The molecule has 1 saturated carbocycles. The topological polar surface area (TPSA) is 60.2 Å². The molecule has 1 aliphatic carbocycles. The highest BCUT2D eigenvalue weighted by molar-refractivity contribution is 7.89. The summed E-state index contributed by atoms with van der Waals surface area (Å²) in [6, 6.07) is 0. The Labute approximate surface area is 67.3 Å². The zero-order valence-electron chi connectivity index (χ0n) is 6.53. The minimum atomic E-state index is -3.25. The molecule has 0 aromatic heterocycles. The number of hydrogen-bond acceptors (Lipinski definition) is 2. The van der Waals surface area contributed by atoms with Crippen molar-refractivity contribution >= 4 is 10.0 Å². The highest BCUT2D eigenvalue weighted by Crippen LogP contribution is 2.40. The monoisotopic (exact) mass is 175 g/mol. The molecule has 1 rings (SSSR count). The summed E-state index contributed by atoms with van der Waals surface area (Å²) in [5.41, 5.74) is 0. The first-order chi connectivity index (χ1) is 5.03. The average Bonchev–Trinajstić information content (AvgIpc) is 2.44. The summed E-state index contributed by atoms with van der Waals surface area (Å²) in [6.07, 6.45) is 4.96. The molecule has 0 heterocycles. The molecular weight excluding hydrogens is 162 g/mol. The van der Waals surface area contributed by atoms with Crippen LogP contribution in [0.15, 0.2) is 12.2 Å². The van der Waals surface area contributed by atoms with E-state index >= 15 is 0 Å². The van der Waals surface area contributed by atoms with E-state index in [1.54, 1.807) is 0 Å². The van der Waals surface area contributed by atoms with E-state index in [9.17, 15) is 8.42 Å². The molecule has 1 fully saturated rings. The minimum Gasteiger partial charge on any atom is -0.229 e. The summed E-state index contributed by atoms with van der Waals surface area (Å²) in [6.45, 7) is 1.94. The third kappa shape index (κ3) is 3.03. The van der Waals surface area contributed by atoms with Gasteiger partial charge in [-0.25, -0.2) is 13.6 Å². The molecule has 0 spiro atoms. The van der Waals surface area contributed by atoms with E-state index in [-0.39, 0.29) is 11.7 Å². The fourth-order valence-electron chi connectivity index (χ4n) is 1.24. The molecule has 0 amide bonds. The lowest BCUT2D eigenvalue weighted by molar-refractivity contribution is 0.593. The Balaban J connectivity index is 2.35. The minimum absolute atomic E-state index is 0.141. The number of rotatable bonds is 3. The van der Waals surface area contributed by atoms with Gasteiger partial charge in [-0.1, -0.05) is 12.2 Å². The molecule has 0 saturated heterocycles. The Kier molecular flexibility index (Phi) is 2.34. The molecule has 2 atom stereocenters. The van der Waals surface area contributed by atoms with Crippen LogP contribution in [0.5, 0.6) is 0 Å². The van der Waals surface area contributed by atoms with Crippen molar-refractivity contribution in [1.29, 1.82) is 0 Å². The van der Waals surface area contributed by atoms with Crippen molar-refractivity contribution in [3.8, 4) is 0 Å². The first-order valence-corrected chi connectivity index (χ1v) is 5.38. The maximum atomic E-state index is 10.6. The van der Waals surface area contributed by atoms with Gasteiger partial charge in [-0.05, 0) is 25.2 Å². The lowest BCUT2D eigenvalue weighted by Crippen LogP contribution is -2.18. The molecule has 0 bridgehead atoms. The molecule has 0 aliphatic heterocycles. The molecule has 4 heteroatoms. The summed E-state index contributed by atoms with van der Waals surface area (Å²) in [5, 5.41) is 4.88. The molecule has 64 valence electrons. The van der Waals surface area contributed by atoms with Gasteiger partial charge < -0.3 is 0 Å². The maximum Gasteiger partial charge on any atom is 0.209 e. The van der Waals surface area contributed by atoms with Gasteiger partial charge in [0.1, 0.15) is 0 Å². The summed E-state index contributed by atoms with van der Waals surface area (Å²) in [7, 11) is -3.25. The van der Waals surface area contributed by atoms with Crippen LogP contribution >= 0.6 is 0 Å². The normalized spacial score (nSPS) is 31.1. The van der Waals surface area contributed by atoms with Crippen molar-refractivity contribution in [2.45, 2.75) is 13.3 Å². The quantitative estimate of drug-likeness (QED) is 0.634. The van der Waals surface area contributed by atoms with Crippen molar-refractivity contribution in [2.24, 2.45) is 17.0 Å². The van der Waals surface area contributed by atoms with Crippen molar-refractivity contribution in [3.63, 3.8) is 0 Å². The second kappa shape index (κ2) is 2.95. The predicted molar refractivity (Wildman–Crippen MR) is 44.4 cm³/mol. The fraction of sp³-hybridized carbons (Fsp3) is 0.714. The van der Waals surface area contributed by atoms with Gasteiger partial charge in [0, 0.05) is 0 Å². The van der Waals surface area contributed by atoms with Gasteiger partial charge in [0.25, 0.3) is 0 Å². The van der Waals surface area contributed by atoms with E-state index in [1.165, 1.54) is 0 Å². The van der Waals surface area contributed by atoms with Crippen LogP contribution in [0, 0.1) is 11.8 Å². The molecule has 1 aliphatic rings. The van der Waals surface area contributed by atoms with Crippen molar-refractivity contribution in [2.75, 3.05) is 5.75 Å². The van der Waals surface area contributed by atoms with Crippen LogP contribution in [-0.4, -0.2) is 14.2 Å². The van der Waals surface area contributed by atoms with Crippen LogP contribution in [0.4, 0.5) is 0 Å². The number of sulfonamides is 1. The SMILES string of the molecule is C/C=C/[C@@H]1C[C@H]1CS(N)(=O)=O. The summed E-state index contributed by atoms with van der Waals surface area (Å²) in [4.78, 5) is 0. The van der Waals surface area contributed by atoms with E-state index in [0.717, 1.165) is 6.42 Å². The average molecular weight is 175 g/mol. The lowest BCUT2D eigenvalue weighted by Gasteiger charge is -1.92. The maximum absolute atomic E-state index is 10.6. The third-order valence-corrected chi connectivity index (χ3v) is 2.76. The smallest absolute Gasteiger partial charge is 0.209 e. The Morgan fingerprint density at radius 2 is 2.27 bits per heavy atom. The standard InChI is InChI=1S/C7H13NO2S/c1-2-3-6-4-7(6)5-11(8,9)10/h2-3,6-7H,4-5H2,1H3,(H2,8,9,10)/b3-2+/t6-,7+/m1/s1. The van der Waals surface area contributed by atoms with Crippen LogP contribution in [0.25, 0.3) is 0 Å². The third-order valence-electron chi connectivity index (χ3n) is 1.86. The van der Waals surface area contributed by atoms with Crippen LogP contribution in [0.3, 0.4) is 0 Å². The summed E-state index contributed by atoms with van der Waals surface area (Å²) >= 11 is 0. The van der Waals surface area contributed by atoms with Crippen LogP contribution in [0.2, 0.25) is 0 Å². The predicted octanol–water partition coefficient (Wildman–Crippen LogP) is 0.487. The molecule has 2 N–H and O–H groups in total. The van der Waals surface area contributed by atoms with Crippen LogP contribution in [-0.2, 0) is 10.0 Å². The Morgan fingerprint density at radius 1 is 1.64 bits per heavy atom. The van der Waals surface area contributed by atoms with E-state index in [4.69, 9.17) is 5.14 Å². The Bertz CT molecular complexity index is 256. The number of nitrogens with two attached hydrogens (primary N) is 1. The number of allylic oxidation sites excluding steroid dienone is 2. The van der Waals surface area contributed by atoms with Gasteiger partial charge in [0.2, 0.25) is 10.0 Å². The molecule has 0 radical (unpaired) electrons. The van der Waals surface area contributed by atoms with E-state index in [0.29, 0.717) is 5.92 Å². The Hall–Kier alpha value is -0.350. The van der Waals surface area contributed by atoms with Crippen molar-refractivity contribution < 1.29 is 8.42 Å². The second-order valence-corrected chi connectivity index (χ2v) is 4.67. The molecule has 3 nitrogen and oxygen atoms in total. The zero-order valence-corrected chi connectivity index (χ0v) is 7.34. The lowest BCUT2D eigenvalue weighted by atomic mass is 10.3. The molecular formula is C7H13NO2S. The van der Waals surface area contributed by atoms with Crippen LogP contribution < -0.4 is 5.14 Å². The van der Waals surface area contributed by atoms with E-state index in [1.807, 2.05) is 19.1 Å². The largest absolute Gasteiger partial charge is 0.229 e.